The Balaban J connectivity index is 1.52. The van der Waals surface area contributed by atoms with Crippen LogP contribution >= 0.6 is 0 Å². The van der Waals surface area contributed by atoms with Gasteiger partial charge in [-0.3, -0.25) is 4.79 Å². The fraction of sp³-hybridized carbons (Fsp3) is 0.118. The number of tetrazole rings is 2. The van der Waals surface area contributed by atoms with E-state index >= 15 is 0 Å². The van der Waals surface area contributed by atoms with Crippen LogP contribution in [0.1, 0.15) is 0 Å². The monoisotopic (exact) mass is 377 g/mol. The maximum absolute atomic E-state index is 12.3. The number of aromatic nitrogens is 8. The van der Waals surface area contributed by atoms with E-state index in [9.17, 15) is 4.79 Å². The number of hydrogen-bond donors (Lipinski definition) is 1. The summed E-state index contributed by atoms with van der Waals surface area (Å²) in [6.45, 7) is -0.0991. The Hall–Kier alpha value is -4.15. The molecule has 2 aromatic heterocycles. The number of ether oxygens (including phenoxy) is 1. The minimum absolute atomic E-state index is 0.0991. The minimum atomic E-state index is -0.304. The summed E-state index contributed by atoms with van der Waals surface area (Å²) in [7, 11) is 1.54. The van der Waals surface area contributed by atoms with Crippen LogP contribution in [-0.2, 0) is 11.3 Å². The van der Waals surface area contributed by atoms with Crippen molar-refractivity contribution in [1.29, 1.82) is 0 Å². The first-order valence-corrected chi connectivity index (χ1v) is 8.28. The lowest BCUT2D eigenvalue weighted by molar-refractivity contribution is -0.117. The van der Waals surface area contributed by atoms with Crippen LogP contribution in [0.3, 0.4) is 0 Å². The van der Waals surface area contributed by atoms with E-state index in [0.29, 0.717) is 28.5 Å². The van der Waals surface area contributed by atoms with Gasteiger partial charge in [-0.2, -0.15) is 9.48 Å². The van der Waals surface area contributed by atoms with Gasteiger partial charge < -0.3 is 10.1 Å². The smallest absolute Gasteiger partial charge is 0.248 e. The van der Waals surface area contributed by atoms with Gasteiger partial charge in [-0.1, -0.05) is 24.3 Å². The fourth-order valence-corrected chi connectivity index (χ4v) is 2.62. The van der Waals surface area contributed by atoms with Crippen LogP contribution in [0.4, 0.5) is 5.69 Å². The number of amides is 1. The van der Waals surface area contributed by atoms with E-state index in [4.69, 9.17) is 4.74 Å². The normalized spacial score (nSPS) is 10.6. The fourth-order valence-electron chi connectivity index (χ4n) is 2.62. The van der Waals surface area contributed by atoms with E-state index in [1.54, 1.807) is 25.3 Å². The molecular weight excluding hydrogens is 362 g/mol. The summed E-state index contributed by atoms with van der Waals surface area (Å²) in [6, 6.07) is 14.5. The molecule has 1 amide bonds. The van der Waals surface area contributed by atoms with Crippen molar-refractivity contribution in [2.45, 2.75) is 6.54 Å². The van der Waals surface area contributed by atoms with Gasteiger partial charge in [0.05, 0.1) is 18.5 Å². The number of para-hydroxylation sites is 3. The Morgan fingerprint density at radius 2 is 1.93 bits per heavy atom. The summed E-state index contributed by atoms with van der Waals surface area (Å²) in [5.41, 5.74) is 1.95. The van der Waals surface area contributed by atoms with E-state index in [0.717, 1.165) is 0 Å². The van der Waals surface area contributed by atoms with E-state index in [1.165, 1.54) is 15.8 Å². The Bertz CT molecular complexity index is 1090. The number of benzene rings is 2. The summed E-state index contributed by atoms with van der Waals surface area (Å²) in [6.07, 6.45) is 1.48. The summed E-state index contributed by atoms with van der Waals surface area (Å²) in [4.78, 5) is 13.5. The van der Waals surface area contributed by atoms with Crippen molar-refractivity contribution in [3.05, 3.63) is 54.9 Å². The van der Waals surface area contributed by atoms with Crippen LogP contribution < -0.4 is 10.1 Å². The van der Waals surface area contributed by atoms with Crippen LogP contribution in [-0.4, -0.2) is 53.4 Å². The molecule has 4 aromatic rings. The lowest BCUT2D eigenvalue weighted by Crippen LogP contribution is -2.20. The van der Waals surface area contributed by atoms with E-state index in [2.05, 4.69) is 36.3 Å². The van der Waals surface area contributed by atoms with Gasteiger partial charge in [-0.25, -0.2) is 0 Å². The predicted octanol–water partition coefficient (Wildman–Crippen LogP) is 0.963. The Morgan fingerprint density at radius 1 is 1.11 bits per heavy atom. The zero-order valence-electron chi connectivity index (χ0n) is 14.8. The molecule has 2 heterocycles. The molecular formula is C17H15N9O2. The van der Waals surface area contributed by atoms with Gasteiger partial charge in [0, 0.05) is 5.56 Å². The number of carbonyl (C=O) groups is 1. The summed E-state index contributed by atoms with van der Waals surface area (Å²) in [5.74, 6) is 0.622. The second-order valence-corrected chi connectivity index (χ2v) is 5.66. The first-order valence-electron chi connectivity index (χ1n) is 8.28. The molecule has 0 fully saturated rings. The molecule has 4 rings (SSSR count). The van der Waals surface area contributed by atoms with Gasteiger partial charge in [0.1, 0.15) is 18.6 Å². The van der Waals surface area contributed by atoms with E-state index < -0.39 is 0 Å². The lowest BCUT2D eigenvalue weighted by Gasteiger charge is -2.09. The van der Waals surface area contributed by atoms with Crippen molar-refractivity contribution in [2.75, 3.05) is 12.4 Å². The molecule has 0 aliphatic heterocycles. The van der Waals surface area contributed by atoms with Gasteiger partial charge in [0.2, 0.25) is 11.7 Å². The second kappa shape index (κ2) is 7.61. The zero-order valence-corrected chi connectivity index (χ0v) is 14.8. The SMILES string of the molecule is COc1ccccc1NC(=O)Cn1nnc(-c2ccccc2-n2cnnn2)n1. The highest BCUT2D eigenvalue weighted by Crippen LogP contribution is 2.23. The van der Waals surface area contributed by atoms with Gasteiger partial charge in [0.25, 0.3) is 0 Å². The number of methoxy groups -OCH3 is 1. The molecule has 0 aliphatic carbocycles. The highest BCUT2D eigenvalue weighted by atomic mass is 16.5. The standard InChI is InChI=1S/C17H15N9O2/c1-28-15-9-5-3-7-13(15)19-16(27)10-26-21-17(20-23-26)12-6-2-4-8-14(12)25-11-18-22-24-25/h2-9,11H,10H2,1H3,(H,19,27). The molecule has 0 unspecified atom stereocenters. The number of rotatable bonds is 6. The van der Waals surface area contributed by atoms with Crippen LogP contribution in [0.25, 0.3) is 17.1 Å². The van der Waals surface area contributed by atoms with E-state index in [1.807, 2.05) is 30.3 Å². The quantitative estimate of drug-likeness (QED) is 0.527. The minimum Gasteiger partial charge on any atom is -0.495 e. The Kier molecular flexibility index (Phi) is 4.70. The molecule has 0 spiro atoms. The van der Waals surface area contributed by atoms with Crippen molar-refractivity contribution >= 4 is 11.6 Å². The first kappa shape index (κ1) is 17.3. The number of nitrogens with zero attached hydrogens (tertiary/aromatic N) is 8. The Morgan fingerprint density at radius 3 is 2.75 bits per heavy atom. The maximum Gasteiger partial charge on any atom is 0.248 e. The Labute approximate surface area is 158 Å². The average molecular weight is 377 g/mol. The lowest BCUT2D eigenvalue weighted by atomic mass is 10.1. The van der Waals surface area contributed by atoms with Crippen molar-refractivity contribution in [3.8, 4) is 22.8 Å². The molecule has 140 valence electrons. The van der Waals surface area contributed by atoms with Crippen LogP contribution in [0.15, 0.2) is 54.9 Å². The average Bonchev–Trinajstić information content (AvgIpc) is 3.40. The molecule has 0 saturated heterocycles. The van der Waals surface area contributed by atoms with Gasteiger partial charge in [-0.05, 0) is 39.9 Å². The number of anilines is 1. The summed E-state index contributed by atoms with van der Waals surface area (Å²) < 4.78 is 6.73. The third kappa shape index (κ3) is 3.53. The maximum atomic E-state index is 12.3. The van der Waals surface area contributed by atoms with Gasteiger partial charge in [0.15, 0.2) is 0 Å². The largest absolute Gasteiger partial charge is 0.495 e. The third-order valence-corrected chi connectivity index (χ3v) is 3.86. The number of nitrogens with one attached hydrogen (secondary N) is 1. The second-order valence-electron chi connectivity index (χ2n) is 5.66. The van der Waals surface area contributed by atoms with Crippen molar-refractivity contribution in [2.24, 2.45) is 0 Å². The molecule has 0 atom stereocenters. The molecule has 0 bridgehead atoms. The van der Waals surface area contributed by atoms with Crippen molar-refractivity contribution < 1.29 is 9.53 Å². The molecule has 28 heavy (non-hydrogen) atoms. The van der Waals surface area contributed by atoms with Crippen LogP contribution in [0.2, 0.25) is 0 Å². The molecule has 11 nitrogen and oxygen atoms in total. The number of carbonyl (C=O) groups excluding carboxylic acids is 1. The molecule has 0 radical (unpaired) electrons. The van der Waals surface area contributed by atoms with Crippen molar-refractivity contribution in [1.82, 2.24) is 40.4 Å². The third-order valence-electron chi connectivity index (χ3n) is 3.86. The van der Waals surface area contributed by atoms with Crippen LogP contribution in [0.5, 0.6) is 5.75 Å². The number of hydrogen-bond acceptors (Lipinski definition) is 8. The topological polar surface area (TPSA) is 126 Å². The summed E-state index contributed by atoms with van der Waals surface area (Å²) >= 11 is 0. The molecule has 0 saturated carbocycles. The van der Waals surface area contributed by atoms with E-state index in [-0.39, 0.29) is 12.5 Å². The highest BCUT2D eigenvalue weighted by Gasteiger charge is 2.15. The molecule has 1 N–H and O–H groups in total. The summed E-state index contributed by atoms with van der Waals surface area (Å²) in [5, 5.41) is 26.2. The highest BCUT2D eigenvalue weighted by molar-refractivity contribution is 5.92. The van der Waals surface area contributed by atoms with Gasteiger partial charge >= 0.3 is 0 Å². The predicted molar refractivity (Wildman–Crippen MR) is 97.6 cm³/mol. The zero-order chi connectivity index (χ0) is 19.3. The molecule has 2 aromatic carbocycles. The van der Waals surface area contributed by atoms with Crippen molar-refractivity contribution in [3.63, 3.8) is 0 Å². The van der Waals surface area contributed by atoms with Gasteiger partial charge in [-0.15, -0.1) is 15.3 Å². The molecule has 11 heteroatoms. The molecule has 0 aliphatic rings. The van der Waals surface area contributed by atoms with Crippen LogP contribution in [0, 0.1) is 0 Å². The first-order chi connectivity index (χ1) is 13.7.